The highest BCUT2D eigenvalue weighted by Crippen LogP contribution is 2.18. The molecule has 1 unspecified atom stereocenters. The lowest BCUT2D eigenvalue weighted by Crippen LogP contribution is -2.24. The van der Waals surface area contributed by atoms with Gasteiger partial charge in [-0.15, -0.1) is 0 Å². The molecule has 17 heavy (non-hydrogen) atoms. The van der Waals surface area contributed by atoms with Crippen LogP contribution in [0, 0.1) is 0 Å². The van der Waals surface area contributed by atoms with Crippen molar-refractivity contribution in [1.29, 1.82) is 0 Å². The molecule has 0 aliphatic heterocycles. The molecule has 1 aromatic carbocycles. The van der Waals surface area contributed by atoms with Crippen molar-refractivity contribution in [2.45, 2.75) is 19.4 Å². The molecule has 1 N–H and O–H groups in total. The first-order valence-corrected chi connectivity index (χ1v) is 6.16. The highest BCUT2D eigenvalue weighted by Gasteiger charge is 2.13. The van der Waals surface area contributed by atoms with Gasteiger partial charge >= 0.3 is 0 Å². The maximum absolute atomic E-state index is 5.89. The van der Waals surface area contributed by atoms with E-state index in [-0.39, 0.29) is 6.04 Å². The Kier molecular flexibility index (Phi) is 5.95. The van der Waals surface area contributed by atoms with E-state index in [0.717, 1.165) is 17.2 Å². The molecule has 2 nitrogen and oxygen atoms in total. The summed E-state index contributed by atoms with van der Waals surface area (Å²) in [7, 11) is 3.75. The van der Waals surface area contributed by atoms with Crippen LogP contribution in [0.5, 0.6) is 0 Å². The molecule has 1 aromatic rings. The lowest BCUT2D eigenvalue weighted by molar-refractivity contribution is 0.750. The second-order valence-corrected chi connectivity index (χ2v) is 4.17. The van der Waals surface area contributed by atoms with Crippen LogP contribution in [0.25, 0.3) is 0 Å². The van der Waals surface area contributed by atoms with Crippen molar-refractivity contribution in [2.24, 2.45) is 4.99 Å². The van der Waals surface area contributed by atoms with Crippen LogP contribution in [0.3, 0.4) is 0 Å². The number of halogens is 1. The summed E-state index contributed by atoms with van der Waals surface area (Å²) < 4.78 is 0. The lowest BCUT2D eigenvalue weighted by atomic mass is 10.0. The molecule has 1 rings (SSSR count). The van der Waals surface area contributed by atoms with Gasteiger partial charge in [-0.1, -0.05) is 36.7 Å². The molecule has 1 atom stereocenters. The number of hydrogen-bond acceptors (Lipinski definition) is 2. The van der Waals surface area contributed by atoms with Gasteiger partial charge in [0, 0.05) is 12.1 Å². The summed E-state index contributed by atoms with van der Waals surface area (Å²) in [6, 6.07) is 7.96. The average molecular weight is 251 g/mol. The van der Waals surface area contributed by atoms with Crippen LogP contribution >= 0.6 is 11.6 Å². The van der Waals surface area contributed by atoms with E-state index in [1.807, 2.05) is 38.4 Å². The van der Waals surface area contributed by atoms with Crippen LogP contribution in [-0.4, -0.2) is 19.8 Å². The summed E-state index contributed by atoms with van der Waals surface area (Å²) in [4.78, 5) is 4.33. The van der Waals surface area contributed by atoms with Crippen LogP contribution in [0.1, 0.15) is 24.9 Å². The van der Waals surface area contributed by atoms with E-state index in [2.05, 4.69) is 29.4 Å². The van der Waals surface area contributed by atoms with Gasteiger partial charge in [0.1, 0.15) is 0 Å². The molecule has 3 heteroatoms. The number of hydrogen-bond donors (Lipinski definition) is 1. The Hall–Kier alpha value is -1.12. The van der Waals surface area contributed by atoms with Crippen molar-refractivity contribution in [1.82, 2.24) is 5.32 Å². The zero-order valence-electron chi connectivity index (χ0n) is 10.6. The molecule has 0 bridgehead atoms. The summed E-state index contributed by atoms with van der Waals surface area (Å²) in [5.41, 5.74) is 2.19. The predicted octanol–water partition coefficient (Wildman–Crippen LogP) is 3.64. The fraction of sp³-hybridized carbons (Fsp3) is 0.357. The number of nitrogens with one attached hydrogen (secondary N) is 1. The molecular weight excluding hydrogens is 232 g/mol. The van der Waals surface area contributed by atoms with E-state index >= 15 is 0 Å². The molecule has 92 valence electrons. The number of allylic oxidation sites excluding steroid dienone is 1. The topological polar surface area (TPSA) is 24.4 Å². The van der Waals surface area contributed by atoms with Crippen LogP contribution in [-0.2, 0) is 0 Å². The van der Waals surface area contributed by atoms with Crippen molar-refractivity contribution in [3.8, 4) is 0 Å². The highest BCUT2D eigenvalue weighted by atomic mass is 35.5. The SMILES string of the molecule is CC/C=C\C(=NC)C(NC)c1ccc(Cl)cc1. The molecule has 0 heterocycles. The van der Waals surface area contributed by atoms with Crippen molar-refractivity contribution in [2.75, 3.05) is 14.1 Å². The summed E-state index contributed by atoms with van der Waals surface area (Å²) in [5.74, 6) is 0. The fourth-order valence-electron chi connectivity index (χ4n) is 1.68. The Bertz CT molecular complexity index is 393. The first kappa shape index (κ1) is 13.9. The summed E-state index contributed by atoms with van der Waals surface area (Å²) in [6.45, 7) is 2.11. The van der Waals surface area contributed by atoms with Gasteiger partial charge in [-0.05, 0) is 37.2 Å². The minimum Gasteiger partial charge on any atom is -0.308 e. The first-order valence-electron chi connectivity index (χ1n) is 5.78. The standard InChI is InChI=1S/C14H19ClN2/c1-4-5-6-13(16-2)14(17-3)11-7-9-12(15)10-8-11/h5-10,14,17H,4H2,1-3H3/b6-5-,16-13?. The number of rotatable bonds is 5. The first-order chi connectivity index (χ1) is 8.22. The molecule has 0 saturated carbocycles. The summed E-state index contributed by atoms with van der Waals surface area (Å²) in [6.07, 6.45) is 5.19. The Morgan fingerprint density at radius 1 is 1.41 bits per heavy atom. The van der Waals surface area contributed by atoms with Crippen LogP contribution < -0.4 is 5.32 Å². The molecular formula is C14H19ClN2. The van der Waals surface area contributed by atoms with Crippen molar-refractivity contribution < 1.29 is 0 Å². The molecule has 0 saturated heterocycles. The molecule has 0 aliphatic rings. The second-order valence-electron chi connectivity index (χ2n) is 3.73. The quantitative estimate of drug-likeness (QED) is 0.793. The van der Waals surface area contributed by atoms with Crippen LogP contribution in [0.2, 0.25) is 5.02 Å². The predicted molar refractivity (Wildman–Crippen MR) is 76.0 cm³/mol. The molecule has 0 spiro atoms. The van der Waals surface area contributed by atoms with E-state index in [1.165, 1.54) is 5.56 Å². The highest BCUT2D eigenvalue weighted by molar-refractivity contribution is 6.30. The van der Waals surface area contributed by atoms with Crippen LogP contribution in [0.4, 0.5) is 0 Å². The summed E-state index contributed by atoms with van der Waals surface area (Å²) in [5, 5.41) is 4.03. The number of aliphatic imine (C=N–C) groups is 1. The molecule has 0 aromatic heterocycles. The van der Waals surface area contributed by atoms with Gasteiger partial charge in [0.05, 0.1) is 11.8 Å². The van der Waals surface area contributed by atoms with Gasteiger partial charge in [-0.2, -0.15) is 0 Å². The molecule has 0 amide bonds. The van der Waals surface area contributed by atoms with E-state index in [4.69, 9.17) is 11.6 Å². The second kappa shape index (κ2) is 7.25. The minimum atomic E-state index is 0.111. The van der Waals surface area contributed by atoms with Crippen LogP contribution in [0.15, 0.2) is 41.4 Å². The normalized spacial score (nSPS) is 14.2. The zero-order chi connectivity index (χ0) is 12.7. The van der Waals surface area contributed by atoms with E-state index in [0.29, 0.717) is 0 Å². The fourth-order valence-corrected chi connectivity index (χ4v) is 1.80. The Morgan fingerprint density at radius 2 is 2.06 bits per heavy atom. The Labute approximate surface area is 108 Å². The minimum absolute atomic E-state index is 0.111. The summed E-state index contributed by atoms with van der Waals surface area (Å²) >= 11 is 5.89. The van der Waals surface area contributed by atoms with Crippen molar-refractivity contribution in [3.05, 3.63) is 47.0 Å². The third-order valence-corrected chi connectivity index (χ3v) is 2.82. The van der Waals surface area contributed by atoms with Gasteiger partial charge < -0.3 is 5.32 Å². The molecule has 0 radical (unpaired) electrons. The number of nitrogens with zero attached hydrogens (tertiary/aromatic N) is 1. The van der Waals surface area contributed by atoms with E-state index < -0.39 is 0 Å². The van der Waals surface area contributed by atoms with Crippen molar-refractivity contribution in [3.63, 3.8) is 0 Å². The maximum atomic E-state index is 5.89. The van der Waals surface area contributed by atoms with Crippen molar-refractivity contribution >= 4 is 17.3 Å². The lowest BCUT2D eigenvalue weighted by Gasteiger charge is -2.17. The Morgan fingerprint density at radius 3 is 2.53 bits per heavy atom. The van der Waals surface area contributed by atoms with Gasteiger partial charge in [0.25, 0.3) is 0 Å². The van der Waals surface area contributed by atoms with Gasteiger partial charge in [0.2, 0.25) is 0 Å². The molecule has 0 fully saturated rings. The smallest absolute Gasteiger partial charge is 0.0744 e. The average Bonchev–Trinajstić information content (AvgIpc) is 2.36. The monoisotopic (exact) mass is 250 g/mol. The van der Waals surface area contributed by atoms with Gasteiger partial charge in [0.15, 0.2) is 0 Å². The Balaban J connectivity index is 2.97. The van der Waals surface area contributed by atoms with Gasteiger partial charge in [-0.25, -0.2) is 0 Å². The van der Waals surface area contributed by atoms with E-state index in [1.54, 1.807) is 0 Å². The third-order valence-electron chi connectivity index (χ3n) is 2.57. The van der Waals surface area contributed by atoms with Gasteiger partial charge in [-0.3, -0.25) is 4.99 Å². The molecule has 0 aliphatic carbocycles. The maximum Gasteiger partial charge on any atom is 0.0744 e. The largest absolute Gasteiger partial charge is 0.308 e. The van der Waals surface area contributed by atoms with E-state index in [9.17, 15) is 0 Å². The number of benzene rings is 1. The zero-order valence-corrected chi connectivity index (χ0v) is 11.3. The third kappa shape index (κ3) is 3.99.